The van der Waals surface area contributed by atoms with Gasteiger partial charge in [-0.1, -0.05) is 18.2 Å². The highest BCUT2D eigenvalue weighted by atomic mass is 32.2. The maximum atomic E-state index is 11.5. The van der Waals surface area contributed by atoms with E-state index in [9.17, 15) is 4.21 Å². The summed E-state index contributed by atoms with van der Waals surface area (Å²) in [5.74, 6) is 0. The fourth-order valence-electron chi connectivity index (χ4n) is 0.807. The van der Waals surface area contributed by atoms with Gasteiger partial charge in [0.15, 0.2) is 11.1 Å². The standard InChI is InChI=1S/C10H14O2S/c1-10(2,3)12-13(11)9-7-5-4-6-8-9/h4-8H,1-3H3/t13-/m1/s1. The van der Waals surface area contributed by atoms with Crippen LogP contribution in [-0.4, -0.2) is 9.81 Å². The SMILES string of the molecule is CC(C)(C)O[S@@](=O)c1ccccc1. The molecule has 0 unspecified atom stereocenters. The van der Waals surface area contributed by atoms with Gasteiger partial charge in [0.25, 0.3) is 0 Å². The van der Waals surface area contributed by atoms with Gasteiger partial charge < -0.3 is 0 Å². The van der Waals surface area contributed by atoms with Crippen LogP contribution in [0.25, 0.3) is 0 Å². The summed E-state index contributed by atoms with van der Waals surface area (Å²) in [6.07, 6.45) is 0. The van der Waals surface area contributed by atoms with E-state index in [1.165, 1.54) is 0 Å². The van der Waals surface area contributed by atoms with E-state index in [4.69, 9.17) is 4.18 Å². The van der Waals surface area contributed by atoms with Crippen molar-refractivity contribution in [2.45, 2.75) is 31.3 Å². The molecular formula is C10H14O2S. The minimum absolute atomic E-state index is 0.374. The van der Waals surface area contributed by atoms with Crippen LogP contribution in [0.15, 0.2) is 35.2 Å². The Kier molecular flexibility index (Phi) is 3.22. The molecule has 0 fully saturated rings. The molecule has 1 aromatic rings. The minimum Gasteiger partial charge on any atom is -0.281 e. The molecule has 0 aliphatic rings. The highest BCUT2D eigenvalue weighted by Crippen LogP contribution is 2.15. The molecule has 1 atom stereocenters. The van der Waals surface area contributed by atoms with Gasteiger partial charge in [0.05, 0.1) is 10.5 Å². The predicted molar refractivity (Wildman–Crippen MR) is 53.7 cm³/mol. The second-order valence-corrected chi connectivity index (χ2v) is 4.85. The summed E-state index contributed by atoms with van der Waals surface area (Å²) >= 11 is -1.35. The number of rotatable bonds is 2. The van der Waals surface area contributed by atoms with Crippen LogP contribution in [0, 0.1) is 0 Å². The topological polar surface area (TPSA) is 26.3 Å². The van der Waals surface area contributed by atoms with Crippen LogP contribution in [0.4, 0.5) is 0 Å². The lowest BCUT2D eigenvalue weighted by Gasteiger charge is -2.17. The second-order valence-electron chi connectivity index (χ2n) is 3.74. The fraction of sp³-hybridized carbons (Fsp3) is 0.400. The summed E-state index contributed by atoms with van der Waals surface area (Å²) in [4.78, 5) is 0.706. The van der Waals surface area contributed by atoms with Crippen molar-refractivity contribution in [3.8, 4) is 0 Å². The number of benzene rings is 1. The van der Waals surface area contributed by atoms with Crippen LogP contribution < -0.4 is 0 Å². The molecule has 1 rings (SSSR count). The van der Waals surface area contributed by atoms with E-state index in [2.05, 4.69) is 0 Å². The third-order valence-corrected chi connectivity index (χ3v) is 2.57. The molecule has 0 aliphatic carbocycles. The molecule has 0 aliphatic heterocycles. The van der Waals surface area contributed by atoms with Gasteiger partial charge in [-0.05, 0) is 32.9 Å². The molecule has 0 amide bonds. The smallest absolute Gasteiger partial charge is 0.189 e. The molecule has 13 heavy (non-hydrogen) atoms. The fourth-order valence-corrected chi connectivity index (χ4v) is 1.74. The van der Waals surface area contributed by atoms with E-state index < -0.39 is 11.1 Å². The van der Waals surface area contributed by atoms with Crippen molar-refractivity contribution in [2.24, 2.45) is 0 Å². The lowest BCUT2D eigenvalue weighted by molar-refractivity contribution is 0.152. The highest BCUT2D eigenvalue weighted by molar-refractivity contribution is 7.80. The average Bonchev–Trinajstić information content (AvgIpc) is 2.03. The van der Waals surface area contributed by atoms with E-state index in [1.807, 2.05) is 39.0 Å². The zero-order valence-electron chi connectivity index (χ0n) is 8.11. The Bertz CT molecular complexity index is 288. The van der Waals surface area contributed by atoms with E-state index >= 15 is 0 Å². The number of hydrogen-bond donors (Lipinski definition) is 0. The highest BCUT2D eigenvalue weighted by Gasteiger charge is 2.16. The molecule has 0 radical (unpaired) electrons. The van der Waals surface area contributed by atoms with Crippen molar-refractivity contribution < 1.29 is 8.39 Å². The van der Waals surface area contributed by atoms with Gasteiger partial charge in [0.1, 0.15) is 0 Å². The summed E-state index contributed by atoms with van der Waals surface area (Å²) in [6, 6.07) is 9.17. The van der Waals surface area contributed by atoms with Gasteiger partial charge in [-0.25, -0.2) is 4.21 Å². The van der Waals surface area contributed by atoms with Gasteiger partial charge in [0.2, 0.25) is 0 Å². The van der Waals surface area contributed by atoms with Crippen LogP contribution >= 0.6 is 0 Å². The zero-order valence-corrected chi connectivity index (χ0v) is 8.93. The Morgan fingerprint density at radius 1 is 1.15 bits per heavy atom. The van der Waals surface area contributed by atoms with Crippen LogP contribution in [0.3, 0.4) is 0 Å². The molecule has 0 heterocycles. The molecule has 0 saturated heterocycles. The quantitative estimate of drug-likeness (QED) is 0.730. The molecule has 0 spiro atoms. The van der Waals surface area contributed by atoms with Crippen LogP contribution in [0.5, 0.6) is 0 Å². The zero-order chi connectivity index (χ0) is 9.90. The van der Waals surface area contributed by atoms with E-state index in [-0.39, 0.29) is 5.60 Å². The summed E-state index contributed by atoms with van der Waals surface area (Å²) in [7, 11) is 0. The summed E-state index contributed by atoms with van der Waals surface area (Å²) in [5.41, 5.74) is -0.374. The Balaban J connectivity index is 2.71. The first-order chi connectivity index (χ1) is 5.99. The van der Waals surface area contributed by atoms with Crippen molar-refractivity contribution in [1.82, 2.24) is 0 Å². The van der Waals surface area contributed by atoms with Crippen molar-refractivity contribution >= 4 is 11.1 Å². The van der Waals surface area contributed by atoms with Crippen molar-refractivity contribution in [1.29, 1.82) is 0 Å². The van der Waals surface area contributed by atoms with E-state index in [0.29, 0.717) is 4.90 Å². The van der Waals surface area contributed by atoms with Crippen molar-refractivity contribution in [3.63, 3.8) is 0 Å². The van der Waals surface area contributed by atoms with Gasteiger partial charge >= 0.3 is 0 Å². The molecule has 72 valence electrons. The van der Waals surface area contributed by atoms with E-state index in [1.54, 1.807) is 12.1 Å². The lowest BCUT2D eigenvalue weighted by Crippen LogP contribution is -2.20. The third-order valence-electron chi connectivity index (χ3n) is 1.26. The molecule has 0 N–H and O–H groups in total. The Morgan fingerprint density at radius 3 is 2.15 bits per heavy atom. The molecule has 0 bridgehead atoms. The average molecular weight is 198 g/mol. The normalized spacial score (nSPS) is 14.1. The molecule has 0 aromatic heterocycles. The van der Waals surface area contributed by atoms with Crippen LogP contribution in [-0.2, 0) is 15.3 Å². The van der Waals surface area contributed by atoms with Gasteiger partial charge in [-0.15, -0.1) is 0 Å². The first kappa shape index (κ1) is 10.4. The molecular weight excluding hydrogens is 184 g/mol. The first-order valence-electron chi connectivity index (χ1n) is 4.15. The molecule has 1 aromatic carbocycles. The minimum atomic E-state index is -1.35. The third kappa shape index (κ3) is 3.70. The molecule has 3 heteroatoms. The lowest BCUT2D eigenvalue weighted by atomic mass is 10.2. The number of hydrogen-bond acceptors (Lipinski definition) is 2. The van der Waals surface area contributed by atoms with Crippen molar-refractivity contribution in [2.75, 3.05) is 0 Å². The Morgan fingerprint density at radius 2 is 1.69 bits per heavy atom. The predicted octanol–water partition coefficient (Wildman–Crippen LogP) is 2.52. The summed E-state index contributed by atoms with van der Waals surface area (Å²) in [6.45, 7) is 5.65. The maximum Gasteiger partial charge on any atom is 0.189 e. The maximum absolute atomic E-state index is 11.5. The Hall–Kier alpha value is -0.670. The Labute approximate surface area is 81.6 Å². The second kappa shape index (κ2) is 4.03. The van der Waals surface area contributed by atoms with E-state index in [0.717, 1.165) is 0 Å². The largest absolute Gasteiger partial charge is 0.281 e. The summed E-state index contributed by atoms with van der Waals surface area (Å²) in [5, 5.41) is 0. The summed E-state index contributed by atoms with van der Waals surface area (Å²) < 4.78 is 16.8. The first-order valence-corrected chi connectivity index (χ1v) is 5.23. The van der Waals surface area contributed by atoms with Crippen molar-refractivity contribution in [3.05, 3.63) is 30.3 Å². The van der Waals surface area contributed by atoms with Crippen LogP contribution in [0.1, 0.15) is 20.8 Å². The van der Waals surface area contributed by atoms with Gasteiger partial charge in [0, 0.05) is 0 Å². The molecule has 2 nitrogen and oxygen atoms in total. The molecule has 0 saturated carbocycles. The van der Waals surface area contributed by atoms with Gasteiger partial charge in [-0.2, -0.15) is 0 Å². The monoisotopic (exact) mass is 198 g/mol. The van der Waals surface area contributed by atoms with Crippen LogP contribution in [0.2, 0.25) is 0 Å². The van der Waals surface area contributed by atoms with Gasteiger partial charge in [-0.3, -0.25) is 4.18 Å².